The van der Waals surface area contributed by atoms with Crippen LogP contribution in [-0.4, -0.2) is 47.2 Å². The Labute approximate surface area is 143 Å². The molecule has 0 aromatic heterocycles. The predicted molar refractivity (Wildman–Crippen MR) is 88.0 cm³/mol. The van der Waals surface area contributed by atoms with Crippen molar-refractivity contribution in [3.05, 3.63) is 0 Å². The number of ether oxygens (including phenoxy) is 1. The van der Waals surface area contributed by atoms with Gasteiger partial charge in [-0.25, -0.2) is 4.79 Å². The fraction of sp³-hybridized carbons (Fsp3) is 0.895. The lowest BCUT2D eigenvalue weighted by molar-refractivity contribution is -0.175. The molecule has 1 heterocycles. The first-order valence-electron chi connectivity index (χ1n) is 9.63. The zero-order valence-electron chi connectivity index (χ0n) is 14.6. The molecule has 1 N–H and O–H groups in total. The third-order valence-corrected chi connectivity index (χ3v) is 7.03. The molecule has 5 aliphatic rings. The van der Waals surface area contributed by atoms with Crippen molar-refractivity contribution in [1.29, 1.82) is 0 Å². The van der Waals surface area contributed by atoms with E-state index in [-0.39, 0.29) is 12.0 Å². The number of aliphatic hydroxyl groups is 1. The third-order valence-electron chi connectivity index (χ3n) is 7.03. The lowest BCUT2D eigenvalue weighted by Gasteiger charge is -2.57. The van der Waals surface area contributed by atoms with Crippen molar-refractivity contribution < 1.29 is 19.4 Å². The summed E-state index contributed by atoms with van der Waals surface area (Å²) in [4.78, 5) is 27.1. The minimum Gasteiger partial charge on any atom is -0.464 e. The van der Waals surface area contributed by atoms with Gasteiger partial charge in [0.2, 0.25) is 5.91 Å². The Morgan fingerprint density at radius 1 is 1.04 bits per heavy atom. The topological polar surface area (TPSA) is 66.8 Å². The lowest BCUT2D eigenvalue weighted by Crippen LogP contribution is -2.58. The second-order valence-corrected chi connectivity index (χ2v) is 8.74. The van der Waals surface area contributed by atoms with Gasteiger partial charge < -0.3 is 14.7 Å². The molecule has 5 nitrogen and oxygen atoms in total. The van der Waals surface area contributed by atoms with Crippen LogP contribution in [0.15, 0.2) is 0 Å². The van der Waals surface area contributed by atoms with Crippen LogP contribution in [0.3, 0.4) is 0 Å². The van der Waals surface area contributed by atoms with Crippen molar-refractivity contribution in [3.8, 4) is 0 Å². The van der Waals surface area contributed by atoms with Gasteiger partial charge in [0.25, 0.3) is 0 Å². The van der Waals surface area contributed by atoms with Crippen LogP contribution in [0.4, 0.5) is 0 Å². The van der Waals surface area contributed by atoms with E-state index in [1.807, 2.05) is 4.90 Å². The smallest absolute Gasteiger partial charge is 0.338 e. The first-order chi connectivity index (χ1) is 11.4. The number of hydrogen-bond acceptors (Lipinski definition) is 4. The molecule has 0 aromatic rings. The van der Waals surface area contributed by atoms with E-state index in [0.717, 1.165) is 37.0 Å². The van der Waals surface area contributed by atoms with E-state index in [0.29, 0.717) is 31.8 Å². The maximum absolute atomic E-state index is 13.3. The minimum absolute atomic E-state index is 0.131. The summed E-state index contributed by atoms with van der Waals surface area (Å²) in [5, 5.41) is 10.5. The summed E-state index contributed by atoms with van der Waals surface area (Å²) in [6, 6.07) is 0. The van der Waals surface area contributed by atoms with Crippen LogP contribution in [0.1, 0.15) is 58.3 Å². The van der Waals surface area contributed by atoms with Gasteiger partial charge in [0.05, 0.1) is 12.0 Å². The lowest BCUT2D eigenvalue weighted by atomic mass is 9.49. The summed E-state index contributed by atoms with van der Waals surface area (Å²) in [6.45, 7) is 2.95. The van der Waals surface area contributed by atoms with Crippen molar-refractivity contribution in [2.24, 2.45) is 23.2 Å². The Kier molecular flexibility index (Phi) is 3.90. The maximum Gasteiger partial charge on any atom is 0.338 e. The minimum atomic E-state index is -1.41. The highest BCUT2D eigenvalue weighted by Crippen LogP contribution is 2.60. The Bertz CT molecular complexity index is 500. The molecule has 24 heavy (non-hydrogen) atoms. The molecule has 134 valence electrons. The number of likely N-dealkylation sites (tertiary alicyclic amines) is 1. The molecule has 0 unspecified atom stereocenters. The molecule has 4 saturated carbocycles. The van der Waals surface area contributed by atoms with Crippen LogP contribution in [0.5, 0.6) is 0 Å². The normalized spacial score (nSPS) is 39.8. The fourth-order valence-electron chi connectivity index (χ4n) is 6.26. The van der Waals surface area contributed by atoms with Gasteiger partial charge in [0.15, 0.2) is 5.60 Å². The molecule has 1 amide bonds. The van der Waals surface area contributed by atoms with Crippen molar-refractivity contribution in [2.75, 3.05) is 19.7 Å². The van der Waals surface area contributed by atoms with Crippen molar-refractivity contribution in [1.82, 2.24) is 4.90 Å². The van der Waals surface area contributed by atoms with Crippen molar-refractivity contribution in [3.63, 3.8) is 0 Å². The summed E-state index contributed by atoms with van der Waals surface area (Å²) in [6.07, 6.45) is 7.77. The molecule has 0 spiro atoms. The van der Waals surface area contributed by atoms with E-state index < -0.39 is 11.6 Å². The molecule has 4 aliphatic carbocycles. The third kappa shape index (κ3) is 2.56. The molecule has 4 bridgehead atoms. The van der Waals surface area contributed by atoms with Crippen LogP contribution in [0.2, 0.25) is 0 Å². The molecule has 5 fully saturated rings. The average Bonchev–Trinajstić information content (AvgIpc) is 2.54. The fourth-order valence-corrected chi connectivity index (χ4v) is 6.26. The molecule has 1 aliphatic heterocycles. The van der Waals surface area contributed by atoms with E-state index in [1.165, 1.54) is 19.3 Å². The van der Waals surface area contributed by atoms with Gasteiger partial charge in [-0.3, -0.25) is 4.79 Å². The van der Waals surface area contributed by atoms with E-state index >= 15 is 0 Å². The number of piperidine rings is 1. The van der Waals surface area contributed by atoms with Crippen LogP contribution >= 0.6 is 0 Å². The van der Waals surface area contributed by atoms with E-state index in [2.05, 4.69) is 0 Å². The number of esters is 1. The Morgan fingerprint density at radius 2 is 1.54 bits per heavy atom. The number of nitrogens with zero attached hydrogens (tertiary/aromatic N) is 1. The number of carbonyl (C=O) groups excluding carboxylic acids is 2. The van der Waals surface area contributed by atoms with Gasteiger partial charge in [0.1, 0.15) is 0 Å². The Balaban J connectivity index is 1.43. The number of hydrogen-bond donors (Lipinski definition) is 1. The van der Waals surface area contributed by atoms with Crippen LogP contribution in [-0.2, 0) is 14.3 Å². The van der Waals surface area contributed by atoms with Gasteiger partial charge in [-0.1, -0.05) is 0 Å². The SMILES string of the molecule is CCOC(=O)C1(O)CCN(C(=O)C23CC4CC(CC(C4)C2)C3)CC1. The summed E-state index contributed by atoms with van der Waals surface area (Å²) in [5.74, 6) is 2.02. The molecule has 1 saturated heterocycles. The van der Waals surface area contributed by atoms with Gasteiger partial charge in [0, 0.05) is 25.9 Å². The van der Waals surface area contributed by atoms with Crippen molar-refractivity contribution in [2.45, 2.75) is 63.9 Å². The summed E-state index contributed by atoms with van der Waals surface area (Å²) in [7, 11) is 0. The molecule has 5 rings (SSSR count). The predicted octanol–water partition coefficient (Wildman–Crippen LogP) is 2.12. The molecule has 0 radical (unpaired) electrons. The zero-order valence-corrected chi connectivity index (χ0v) is 14.6. The van der Waals surface area contributed by atoms with Gasteiger partial charge in [-0.2, -0.15) is 0 Å². The quantitative estimate of drug-likeness (QED) is 0.802. The second kappa shape index (κ2) is 5.72. The molecule has 5 heteroatoms. The number of rotatable bonds is 3. The first kappa shape index (κ1) is 16.4. The van der Waals surface area contributed by atoms with E-state index in [4.69, 9.17) is 4.74 Å². The molecule has 0 atom stereocenters. The standard InChI is InChI=1S/C19H29NO4/c1-2-24-17(22)19(23)3-5-20(6-4-19)16(21)18-10-13-7-14(11-18)9-15(8-13)12-18/h13-15,23H,2-12H2,1H3. The van der Waals surface area contributed by atoms with Crippen LogP contribution < -0.4 is 0 Å². The first-order valence-corrected chi connectivity index (χ1v) is 9.63. The van der Waals surface area contributed by atoms with E-state index in [1.54, 1.807) is 6.92 Å². The van der Waals surface area contributed by atoms with Gasteiger partial charge in [-0.05, 0) is 63.2 Å². The number of amides is 1. The summed E-state index contributed by atoms with van der Waals surface area (Å²) in [5.41, 5.74) is -1.54. The average molecular weight is 335 g/mol. The Hall–Kier alpha value is -1.10. The highest BCUT2D eigenvalue weighted by atomic mass is 16.5. The highest BCUT2D eigenvalue weighted by Gasteiger charge is 2.56. The van der Waals surface area contributed by atoms with E-state index in [9.17, 15) is 14.7 Å². The second-order valence-electron chi connectivity index (χ2n) is 8.74. The highest BCUT2D eigenvalue weighted by molar-refractivity contribution is 5.84. The van der Waals surface area contributed by atoms with Gasteiger partial charge >= 0.3 is 5.97 Å². The molecular formula is C19H29NO4. The summed E-state index contributed by atoms with van der Waals surface area (Å²) < 4.78 is 4.99. The van der Waals surface area contributed by atoms with Crippen LogP contribution in [0.25, 0.3) is 0 Å². The zero-order chi connectivity index (χ0) is 16.9. The van der Waals surface area contributed by atoms with Crippen LogP contribution in [0, 0.1) is 23.2 Å². The summed E-state index contributed by atoms with van der Waals surface area (Å²) >= 11 is 0. The molecular weight excluding hydrogens is 306 g/mol. The van der Waals surface area contributed by atoms with Gasteiger partial charge in [-0.15, -0.1) is 0 Å². The maximum atomic E-state index is 13.3. The largest absolute Gasteiger partial charge is 0.464 e. The Morgan fingerprint density at radius 3 is 2.00 bits per heavy atom. The monoisotopic (exact) mass is 335 g/mol. The molecule has 0 aromatic carbocycles. The van der Waals surface area contributed by atoms with Crippen molar-refractivity contribution >= 4 is 11.9 Å². The number of carbonyl (C=O) groups is 2.